The molecule has 2 atom stereocenters. The molecular formula is C22H26N6O3. The van der Waals surface area contributed by atoms with Gasteiger partial charge >= 0.3 is 6.09 Å². The number of nitrogens with one attached hydrogen (secondary N) is 1. The van der Waals surface area contributed by atoms with Crippen LogP contribution in [0, 0.1) is 5.92 Å². The van der Waals surface area contributed by atoms with E-state index in [-0.39, 0.29) is 24.1 Å². The zero-order chi connectivity index (χ0) is 22.0. The van der Waals surface area contributed by atoms with Crippen LogP contribution in [0.2, 0.25) is 0 Å². The maximum atomic E-state index is 12.2. The lowest BCUT2D eigenvalue weighted by Crippen LogP contribution is -2.37. The molecule has 1 N–H and O–H groups in total. The molecule has 2 aromatic heterocycles. The molecule has 0 spiro atoms. The quantitative estimate of drug-likeness (QED) is 0.618. The SMILES string of the molecule is COc1ccc(-n2cc([C@H](C)Nc3nccc(N4C(=O)OCC4C(C)C)n3)cn2)cc1. The van der Waals surface area contributed by atoms with Gasteiger partial charge in [0, 0.05) is 18.0 Å². The summed E-state index contributed by atoms with van der Waals surface area (Å²) in [4.78, 5) is 22.7. The van der Waals surface area contributed by atoms with Gasteiger partial charge in [-0.2, -0.15) is 10.1 Å². The van der Waals surface area contributed by atoms with Crippen molar-refractivity contribution in [1.82, 2.24) is 19.7 Å². The van der Waals surface area contributed by atoms with Crippen LogP contribution in [-0.4, -0.2) is 45.6 Å². The third kappa shape index (κ3) is 4.30. The summed E-state index contributed by atoms with van der Waals surface area (Å²) in [5.74, 6) is 2.01. The van der Waals surface area contributed by atoms with E-state index in [1.165, 1.54) is 0 Å². The molecule has 1 aromatic carbocycles. The first kappa shape index (κ1) is 20.6. The van der Waals surface area contributed by atoms with E-state index in [2.05, 4.69) is 34.2 Å². The minimum atomic E-state index is -0.378. The monoisotopic (exact) mass is 422 g/mol. The van der Waals surface area contributed by atoms with Crippen LogP contribution < -0.4 is 15.0 Å². The van der Waals surface area contributed by atoms with E-state index in [4.69, 9.17) is 9.47 Å². The molecule has 1 saturated heterocycles. The smallest absolute Gasteiger partial charge is 0.415 e. The molecule has 0 saturated carbocycles. The fourth-order valence-electron chi connectivity index (χ4n) is 3.46. The van der Waals surface area contributed by atoms with E-state index >= 15 is 0 Å². The van der Waals surface area contributed by atoms with E-state index in [9.17, 15) is 4.79 Å². The van der Waals surface area contributed by atoms with Gasteiger partial charge in [-0.3, -0.25) is 4.90 Å². The Bertz CT molecular complexity index is 1050. The summed E-state index contributed by atoms with van der Waals surface area (Å²) in [7, 11) is 1.64. The van der Waals surface area contributed by atoms with E-state index in [1.54, 1.807) is 35.2 Å². The number of cyclic esters (lactones) is 1. The molecule has 1 fully saturated rings. The van der Waals surface area contributed by atoms with Crippen molar-refractivity contribution in [2.45, 2.75) is 32.9 Å². The van der Waals surface area contributed by atoms with E-state index in [0.717, 1.165) is 17.0 Å². The molecule has 1 aliphatic rings. The van der Waals surface area contributed by atoms with Gasteiger partial charge in [0.1, 0.15) is 18.2 Å². The molecule has 1 amide bonds. The second kappa shape index (κ2) is 8.63. The number of ether oxygens (including phenoxy) is 2. The molecule has 1 unspecified atom stereocenters. The molecular weight excluding hydrogens is 396 g/mol. The van der Waals surface area contributed by atoms with Crippen molar-refractivity contribution in [3.63, 3.8) is 0 Å². The van der Waals surface area contributed by atoms with Gasteiger partial charge in [-0.05, 0) is 43.2 Å². The van der Waals surface area contributed by atoms with Crippen LogP contribution in [0.4, 0.5) is 16.6 Å². The highest BCUT2D eigenvalue weighted by molar-refractivity contribution is 5.89. The number of nitrogens with zero attached hydrogens (tertiary/aromatic N) is 5. The summed E-state index contributed by atoms with van der Waals surface area (Å²) in [5.41, 5.74) is 1.91. The largest absolute Gasteiger partial charge is 0.497 e. The predicted molar refractivity (Wildman–Crippen MR) is 117 cm³/mol. The van der Waals surface area contributed by atoms with Crippen LogP contribution >= 0.6 is 0 Å². The molecule has 9 nitrogen and oxygen atoms in total. The predicted octanol–water partition coefficient (Wildman–Crippen LogP) is 3.83. The van der Waals surface area contributed by atoms with Gasteiger partial charge in [0.25, 0.3) is 0 Å². The number of benzene rings is 1. The maximum Gasteiger partial charge on any atom is 0.415 e. The fraction of sp³-hybridized carbons (Fsp3) is 0.364. The first-order valence-corrected chi connectivity index (χ1v) is 10.2. The molecule has 9 heteroatoms. The maximum absolute atomic E-state index is 12.2. The number of methoxy groups -OCH3 is 1. The number of amides is 1. The van der Waals surface area contributed by atoms with Gasteiger partial charge in [0.05, 0.1) is 31.1 Å². The number of hydrogen-bond donors (Lipinski definition) is 1. The minimum absolute atomic E-state index is 0.0459. The van der Waals surface area contributed by atoms with Crippen LogP contribution in [0.1, 0.15) is 32.4 Å². The van der Waals surface area contributed by atoms with Gasteiger partial charge in [-0.15, -0.1) is 0 Å². The van der Waals surface area contributed by atoms with Crippen molar-refractivity contribution in [2.24, 2.45) is 5.92 Å². The molecule has 0 bridgehead atoms. The van der Waals surface area contributed by atoms with Gasteiger partial charge in [-0.1, -0.05) is 13.8 Å². The first-order chi connectivity index (χ1) is 15.0. The van der Waals surface area contributed by atoms with Gasteiger partial charge < -0.3 is 14.8 Å². The second-order valence-electron chi connectivity index (χ2n) is 7.78. The Labute approximate surface area is 181 Å². The summed E-state index contributed by atoms with van der Waals surface area (Å²) >= 11 is 0. The zero-order valence-corrected chi connectivity index (χ0v) is 18.0. The highest BCUT2D eigenvalue weighted by Crippen LogP contribution is 2.27. The lowest BCUT2D eigenvalue weighted by atomic mass is 10.0. The van der Waals surface area contributed by atoms with Crippen LogP contribution in [0.25, 0.3) is 5.69 Å². The number of rotatable bonds is 7. The summed E-state index contributed by atoms with van der Waals surface area (Å²) < 4.78 is 12.2. The normalized spacial score (nSPS) is 17.0. The molecule has 3 aromatic rings. The fourth-order valence-corrected chi connectivity index (χ4v) is 3.46. The number of hydrogen-bond acceptors (Lipinski definition) is 7. The van der Waals surface area contributed by atoms with Crippen LogP contribution in [0.15, 0.2) is 48.9 Å². The van der Waals surface area contributed by atoms with Gasteiger partial charge in [0.2, 0.25) is 5.95 Å². The Morgan fingerprint density at radius 3 is 2.68 bits per heavy atom. The Morgan fingerprint density at radius 1 is 1.19 bits per heavy atom. The summed E-state index contributed by atoms with van der Waals surface area (Å²) in [5, 5.41) is 7.74. The lowest BCUT2D eigenvalue weighted by Gasteiger charge is -2.23. The van der Waals surface area contributed by atoms with Gasteiger partial charge in [0.15, 0.2) is 0 Å². The van der Waals surface area contributed by atoms with Crippen LogP contribution in [0.3, 0.4) is 0 Å². The van der Waals surface area contributed by atoms with E-state index in [0.29, 0.717) is 18.4 Å². The summed E-state index contributed by atoms with van der Waals surface area (Å²) in [6, 6.07) is 9.27. The Kier molecular flexibility index (Phi) is 5.75. The first-order valence-electron chi connectivity index (χ1n) is 10.2. The Morgan fingerprint density at radius 2 is 1.97 bits per heavy atom. The molecule has 31 heavy (non-hydrogen) atoms. The Hall–Kier alpha value is -3.62. The van der Waals surface area contributed by atoms with Crippen molar-refractivity contribution in [1.29, 1.82) is 0 Å². The topological polar surface area (TPSA) is 94.4 Å². The summed E-state index contributed by atoms with van der Waals surface area (Å²) in [6.45, 7) is 6.49. The van der Waals surface area contributed by atoms with Crippen LogP contribution in [0.5, 0.6) is 5.75 Å². The van der Waals surface area contributed by atoms with Crippen molar-refractivity contribution in [3.05, 3.63) is 54.5 Å². The molecule has 162 valence electrons. The number of aromatic nitrogens is 4. The number of carbonyl (C=O) groups is 1. The third-order valence-corrected chi connectivity index (χ3v) is 5.35. The van der Waals surface area contributed by atoms with Crippen molar-refractivity contribution < 1.29 is 14.3 Å². The second-order valence-corrected chi connectivity index (χ2v) is 7.78. The van der Waals surface area contributed by atoms with Crippen molar-refractivity contribution in [2.75, 3.05) is 23.9 Å². The van der Waals surface area contributed by atoms with Gasteiger partial charge in [-0.25, -0.2) is 14.5 Å². The minimum Gasteiger partial charge on any atom is -0.497 e. The number of anilines is 2. The molecule has 1 aliphatic heterocycles. The molecule has 0 radical (unpaired) electrons. The van der Waals surface area contributed by atoms with Crippen molar-refractivity contribution >= 4 is 17.9 Å². The van der Waals surface area contributed by atoms with Crippen LogP contribution in [-0.2, 0) is 4.74 Å². The summed E-state index contributed by atoms with van der Waals surface area (Å²) in [6.07, 6.45) is 5.02. The molecule has 0 aliphatic carbocycles. The molecule has 4 rings (SSSR count). The highest BCUT2D eigenvalue weighted by atomic mass is 16.6. The van der Waals surface area contributed by atoms with E-state index in [1.807, 2.05) is 37.4 Å². The standard InChI is InChI=1S/C22H26N6O3/c1-14(2)19-13-31-22(29)28(19)20-9-10-23-21(26-20)25-15(3)16-11-24-27(12-16)17-5-7-18(30-4)8-6-17/h5-12,14-15,19H,13H2,1-4H3,(H,23,25,26)/t15-,19?/m0/s1. The molecule has 3 heterocycles. The Balaban J connectivity index is 1.49. The van der Waals surface area contributed by atoms with Crippen molar-refractivity contribution in [3.8, 4) is 11.4 Å². The third-order valence-electron chi connectivity index (χ3n) is 5.35. The average molecular weight is 422 g/mol. The lowest BCUT2D eigenvalue weighted by molar-refractivity contribution is 0.177. The number of carbonyl (C=O) groups excluding carboxylic acids is 1. The van der Waals surface area contributed by atoms with E-state index < -0.39 is 0 Å². The highest BCUT2D eigenvalue weighted by Gasteiger charge is 2.37. The zero-order valence-electron chi connectivity index (χ0n) is 18.0. The average Bonchev–Trinajstić information content (AvgIpc) is 3.41.